The number of nitrogens with zero attached hydrogens (tertiary/aromatic N) is 8. The van der Waals surface area contributed by atoms with Gasteiger partial charge in [-0.2, -0.15) is 0 Å². The molecule has 0 saturated heterocycles. The van der Waals surface area contributed by atoms with E-state index < -0.39 is 0 Å². The summed E-state index contributed by atoms with van der Waals surface area (Å²) in [6.07, 6.45) is 0. The van der Waals surface area contributed by atoms with Crippen molar-refractivity contribution in [3.63, 3.8) is 0 Å². The molecule has 30 rings (SSSR count). The van der Waals surface area contributed by atoms with Crippen molar-refractivity contribution in [2.24, 2.45) is 0 Å². The van der Waals surface area contributed by atoms with Crippen molar-refractivity contribution in [3.05, 3.63) is 388 Å². The average Bonchev–Trinajstić information content (AvgIpc) is 1.69. The van der Waals surface area contributed by atoms with Gasteiger partial charge in [0, 0.05) is 147 Å². The van der Waals surface area contributed by atoms with Gasteiger partial charge in [-0.25, -0.2) is 39.9 Å². The van der Waals surface area contributed by atoms with Crippen LogP contribution in [-0.4, -0.2) is 39.9 Å². The molecule has 12 heterocycles. The minimum absolute atomic E-state index is 0.548. The molecule has 0 aliphatic rings. The van der Waals surface area contributed by atoms with Gasteiger partial charge in [0.2, 0.25) is 0 Å². The topological polar surface area (TPSA) is 221 Å². The Bertz CT molecular complexity index is 9020. The molecule has 0 saturated carbocycles. The molecule has 0 atom stereocenters. The fraction of sp³-hybridized carbons (Fsp3) is 0. The van der Waals surface area contributed by atoms with Gasteiger partial charge < -0.3 is 39.8 Å². The monoisotopic (exact) mass is 1740 g/mol. The minimum atomic E-state index is 0.548. The molecule has 17 heteroatoms. The SMILES string of the molecule is c1ccc2c(c1)oc1cc(-c3cc(-c4ccc5c(c4)oc4ccccc45)nc(-c4ccc5c(c4)oc4ccccc45)n3)ccc12.c1ccc2c(c1)oc1cc(-c3nc(-c4ccc5c(c4)oc4ccccc45)nc(-c4ccc5c(c4)oc4ccccc45)n3)ccc12.c1ccc2c(c1)oc1cc(-c3nc(-c4ccc5c(c4)oc4ccccc45)nc(-c4ccc5oc6ccccc6c5c4)n3)ccc12. The quantitative estimate of drug-likeness (QED) is 0.131. The normalized spacial score (nSPS) is 12.0. The molecule has 0 bridgehead atoms. The van der Waals surface area contributed by atoms with Crippen LogP contribution in [0.3, 0.4) is 0 Å². The van der Waals surface area contributed by atoms with Gasteiger partial charge in [-0.15, -0.1) is 0 Å². The highest BCUT2D eigenvalue weighted by Gasteiger charge is 2.24. The maximum absolute atomic E-state index is 6.23. The maximum Gasteiger partial charge on any atom is 0.164 e. The highest BCUT2D eigenvalue weighted by molar-refractivity contribution is 6.14. The van der Waals surface area contributed by atoms with Crippen LogP contribution in [0.2, 0.25) is 0 Å². The summed E-state index contributed by atoms with van der Waals surface area (Å²) in [6.45, 7) is 0. The third kappa shape index (κ3) is 12.7. The lowest BCUT2D eigenvalue weighted by atomic mass is 10.0. The van der Waals surface area contributed by atoms with E-state index in [9.17, 15) is 0 Å². The molecule has 0 unspecified atom stereocenters. The number of aromatic nitrogens is 8. The fourth-order valence-electron chi connectivity index (χ4n) is 19.2. The molecular weight excluding hydrogens is 1670 g/mol. The highest BCUT2D eigenvalue weighted by atomic mass is 16.4. The Balaban J connectivity index is 0.000000101. The molecule has 0 aliphatic heterocycles. The first-order valence-electron chi connectivity index (χ1n) is 44.4. The third-order valence-corrected chi connectivity index (χ3v) is 25.8. The molecule has 30 aromatic rings. The lowest BCUT2D eigenvalue weighted by Gasteiger charge is -2.10. The van der Waals surface area contributed by atoms with Crippen molar-refractivity contribution < 1.29 is 39.8 Å². The Morgan fingerprint density at radius 1 is 0.104 bits per heavy atom. The molecule has 17 nitrogen and oxygen atoms in total. The third-order valence-electron chi connectivity index (χ3n) is 25.8. The number of furan rings is 9. The van der Waals surface area contributed by atoms with Gasteiger partial charge in [-0.05, 0) is 176 Å². The highest BCUT2D eigenvalue weighted by Crippen LogP contribution is 2.44. The summed E-state index contributed by atoms with van der Waals surface area (Å²) in [4.78, 5) is 40.2. The summed E-state index contributed by atoms with van der Waals surface area (Å²) in [5.74, 6) is 3.93. The summed E-state index contributed by atoms with van der Waals surface area (Å²) in [5.41, 5.74) is 24.3. The molecule has 0 fully saturated rings. The smallest absolute Gasteiger partial charge is 0.164 e. The van der Waals surface area contributed by atoms with Crippen LogP contribution in [0.1, 0.15) is 0 Å². The summed E-state index contributed by atoms with van der Waals surface area (Å²) in [5, 5.41) is 19.2. The Kier molecular flexibility index (Phi) is 16.7. The molecule has 0 amide bonds. The molecular formula is C118H64N8O9. The van der Waals surface area contributed by atoms with E-state index in [1.807, 2.05) is 249 Å². The van der Waals surface area contributed by atoms with E-state index in [4.69, 9.17) is 79.6 Å². The molecule has 12 aromatic heterocycles. The zero-order valence-corrected chi connectivity index (χ0v) is 71.2. The van der Waals surface area contributed by atoms with E-state index in [1.54, 1.807) is 0 Å². The van der Waals surface area contributed by atoms with Crippen molar-refractivity contribution in [1.82, 2.24) is 39.9 Å². The van der Waals surface area contributed by atoms with E-state index >= 15 is 0 Å². The van der Waals surface area contributed by atoms with Gasteiger partial charge >= 0.3 is 0 Å². The van der Waals surface area contributed by atoms with Gasteiger partial charge in [0.25, 0.3) is 0 Å². The fourth-order valence-corrected chi connectivity index (χ4v) is 19.2. The van der Waals surface area contributed by atoms with Crippen molar-refractivity contribution >= 4 is 197 Å². The maximum atomic E-state index is 6.23. The second-order valence-corrected chi connectivity index (χ2v) is 33.9. The summed E-state index contributed by atoms with van der Waals surface area (Å²) >= 11 is 0. The van der Waals surface area contributed by atoms with Crippen LogP contribution in [0.15, 0.2) is 428 Å². The molecule has 0 aliphatic carbocycles. The minimum Gasteiger partial charge on any atom is -0.456 e. The Labute approximate surface area is 762 Å². The number of para-hydroxylation sites is 9. The van der Waals surface area contributed by atoms with Gasteiger partial charge in [0.1, 0.15) is 100 Å². The number of hydrogen-bond donors (Lipinski definition) is 0. The number of rotatable bonds is 9. The van der Waals surface area contributed by atoms with Gasteiger partial charge in [-0.3, -0.25) is 0 Å². The lowest BCUT2D eigenvalue weighted by Crippen LogP contribution is -2.00. The van der Waals surface area contributed by atoms with E-state index in [1.165, 1.54) is 0 Å². The predicted octanol–water partition coefficient (Wildman–Crippen LogP) is 32.3. The zero-order chi connectivity index (χ0) is 88.5. The van der Waals surface area contributed by atoms with E-state index in [0.717, 1.165) is 259 Å². The average molecular weight is 1740 g/mol. The lowest BCUT2D eigenvalue weighted by molar-refractivity contribution is 0.668. The predicted molar refractivity (Wildman–Crippen MR) is 536 cm³/mol. The van der Waals surface area contributed by atoms with E-state index in [2.05, 4.69) is 140 Å². The zero-order valence-electron chi connectivity index (χ0n) is 71.2. The second kappa shape index (κ2) is 29.9. The van der Waals surface area contributed by atoms with Crippen molar-refractivity contribution in [1.29, 1.82) is 0 Å². The van der Waals surface area contributed by atoms with Crippen LogP contribution >= 0.6 is 0 Å². The Hall–Kier alpha value is -18.7. The van der Waals surface area contributed by atoms with Crippen LogP contribution in [-0.2, 0) is 0 Å². The standard InChI is InChI=1S/C40H22N2O3.2C39H21N3O3/c1-4-10-34-26(7-1)29-16-13-23(19-37(29)43-34)32-22-33(24-14-17-30-27-8-2-5-11-35(27)44-38(30)20-24)42-40(41-32)25-15-18-31-28-9-3-6-12-36(28)45-39(31)21-25;1-4-10-31-25(7-1)28-16-13-23(20-35(28)44-31)38-40-37(22-15-18-34-30(19-22)27-9-3-6-12-33(27)43-34)41-39(42-38)24-14-17-29-26-8-2-5-11-32(26)45-36(29)21-24;1-4-10-31-25(7-1)28-16-13-22(19-34(28)43-31)37-40-38(23-14-17-29-26-8-2-5-11-32(26)44-35(29)20-23)42-39(41-37)24-15-18-30-27-9-3-6-12-33(27)45-36(30)21-24/h1-22H;2*1-21H. The van der Waals surface area contributed by atoms with Crippen molar-refractivity contribution in [3.8, 4) is 102 Å². The van der Waals surface area contributed by atoms with Gasteiger partial charge in [-0.1, -0.05) is 212 Å². The second-order valence-electron chi connectivity index (χ2n) is 33.9. The van der Waals surface area contributed by atoms with Crippen LogP contribution < -0.4 is 0 Å². The largest absolute Gasteiger partial charge is 0.456 e. The first-order valence-corrected chi connectivity index (χ1v) is 44.4. The van der Waals surface area contributed by atoms with Crippen LogP contribution in [0.25, 0.3) is 300 Å². The molecule has 0 radical (unpaired) electrons. The number of fused-ring (bicyclic) bond motifs is 27. The summed E-state index contributed by atoms with van der Waals surface area (Å²) < 4.78 is 55.8. The van der Waals surface area contributed by atoms with E-state index in [0.29, 0.717) is 40.8 Å². The van der Waals surface area contributed by atoms with Crippen LogP contribution in [0, 0.1) is 0 Å². The molecule has 18 aromatic carbocycles. The molecule has 135 heavy (non-hydrogen) atoms. The van der Waals surface area contributed by atoms with E-state index in [-0.39, 0.29) is 0 Å². The van der Waals surface area contributed by atoms with Crippen molar-refractivity contribution in [2.75, 3.05) is 0 Å². The van der Waals surface area contributed by atoms with Gasteiger partial charge in [0.05, 0.1) is 11.4 Å². The first kappa shape index (κ1) is 75.3. The number of hydrogen-bond acceptors (Lipinski definition) is 17. The first-order chi connectivity index (χ1) is 66.7. The van der Waals surface area contributed by atoms with Crippen LogP contribution in [0.4, 0.5) is 0 Å². The Morgan fingerprint density at radius 2 is 0.252 bits per heavy atom. The Morgan fingerprint density at radius 3 is 0.474 bits per heavy atom. The van der Waals surface area contributed by atoms with Gasteiger partial charge in [0.15, 0.2) is 40.8 Å². The molecule has 630 valence electrons. The summed E-state index contributed by atoms with van der Waals surface area (Å²) in [7, 11) is 0. The van der Waals surface area contributed by atoms with Crippen LogP contribution in [0.5, 0.6) is 0 Å². The summed E-state index contributed by atoms with van der Waals surface area (Å²) in [6, 6.07) is 130. The van der Waals surface area contributed by atoms with Crippen molar-refractivity contribution in [2.45, 2.75) is 0 Å². The number of benzene rings is 18. The molecule has 0 N–H and O–H groups in total. The molecule has 0 spiro atoms.